The van der Waals surface area contributed by atoms with Gasteiger partial charge >= 0.3 is 0 Å². The average molecular weight is 564 g/mol. The number of hydrogen-bond acceptors (Lipinski definition) is 7. The van der Waals surface area contributed by atoms with Crippen molar-refractivity contribution in [3.8, 4) is 5.75 Å². The van der Waals surface area contributed by atoms with Gasteiger partial charge < -0.3 is 25.5 Å². The van der Waals surface area contributed by atoms with Crippen LogP contribution in [0.3, 0.4) is 0 Å². The van der Waals surface area contributed by atoms with E-state index in [-0.39, 0.29) is 28.3 Å². The van der Waals surface area contributed by atoms with Crippen LogP contribution >= 0.6 is 0 Å². The molecule has 1 fully saturated rings. The van der Waals surface area contributed by atoms with Crippen LogP contribution in [0.25, 0.3) is 0 Å². The van der Waals surface area contributed by atoms with Gasteiger partial charge in [-0.15, -0.1) is 0 Å². The van der Waals surface area contributed by atoms with Crippen molar-refractivity contribution in [2.24, 2.45) is 0 Å². The molecule has 3 heterocycles. The SMILES string of the molecule is Cc1cc(F)c(Nc2ccnc3c2C(=O)Nc2cc(CN4CC[C@@H](O)C4)ccc2N3)cc1O[Si](C)(C)C(C)(C)C. The van der Waals surface area contributed by atoms with Crippen LogP contribution in [0.2, 0.25) is 18.1 Å². The van der Waals surface area contributed by atoms with Gasteiger partial charge in [0.15, 0.2) is 0 Å². The Hall–Kier alpha value is -3.47. The quantitative estimate of drug-likeness (QED) is 0.253. The van der Waals surface area contributed by atoms with Gasteiger partial charge in [0.2, 0.25) is 8.32 Å². The van der Waals surface area contributed by atoms with Gasteiger partial charge in [-0.1, -0.05) is 26.8 Å². The summed E-state index contributed by atoms with van der Waals surface area (Å²) in [7, 11) is -2.16. The highest BCUT2D eigenvalue weighted by molar-refractivity contribution is 6.74. The number of nitrogens with zero attached hydrogens (tertiary/aromatic N) is 2. The Morgan fingerprint density at radius 3 is 2.62 bits per heavy atom. The molecule has 4 N–H and O–H groups in total. The number of aryl methyl sites for hydroxylation is 1. The molecule has 2 aromatic carbocycles. The molecule has 5 rings (SSSR count). The second-order valence-electron chi connectivity index (χ2n) is 12.3. The van der Waals surface area contributed by atoms with Crippen molar-refractivity contribution in [1.82, 2.24) is 9.88 Å². The summed E-state index contributed by atoms with van der Waals surface area (Å²) in [4.78, 5) is 20.1. The van der Waals surface area contributed by atoms with E-state index in [1.807, 2.05) is 25.1 Å². The van der Waals surface area contributed by atoms with E-state index in [1.165, 1.54) is 6.07 Å². The Labute approximate surface area is 236 Å². The molecular weight excluding hydrogens is 525 g/mol. The zero-order chi connectivity index (χ0) is 28.8. The fourth-order valence-corrected chi connectivity index (χ4v) is 5.83. The number of β-amino-alcohol motifs (C(OH)–C–C–N with tert-alkyl or cyclic N) is 1. The Balaban J connectivity index is 1.42. The minimum absolute atomic E-state index is 0.0157. The normalized spacial score (nSPS) is 17.4. The number of aliphatic hydroxyl groups excluding tert-OH is 1. The van der Waals surface area contributed by atoms with E-state index in [0.717, 1.165) is 24.1 Å². The summed E-state index contributed by atoms with van der Waals surface area (Å²) >= 11 is 0. The number of halogens is 1. The molecule has 0 radical (unpaired) electrons. The standard InChI is InChI=1S/C30H38FN5O3Si/c1-18-13-21(31)24(15-26(18)39-40(5,6)30(2,3)4)33-23-9-11-32-28-27(23)29(38)35-25-14-19(7-8-22(25)34-28)16-36-12-10-20(37)17-36/h7-9,11,13-15,20,37H,10,12,16-17H2,1-6H3,(H,35,38)(H2,32,33,34)/t20-/m1/s1. The fourth-order valence-electron chi connectivity index (χ4n) is 4.75. The van der Waals surface area contributed by atoms with Crippen molar-refractivity contribution < 1.29 is 18.7 Å². The number of amides is 1. The monoisotopic (exact) mass is 563 g/mol. The number of nitrogens with one attached hydrogen (secondary N) is 3. The van der Waals surface area contributed by atoms with Crippen molar-refractivity contribution in [2.45, 2.75) is 64.9 Å². The van der Waals surface area contributed by atoms with Crippen LogP contribution in [0, 0.1) is 12.7 Å². The van der Waals surface area contributed by atoms with E-state index >= 15 is 4.39 Å². The predicted molar refractivity (Wildman–Crippen MR) is 160 cm³/mol. The molecule has 0 spiro atoms. The number of aliphatic hydroxyl groups is 1. The summed E-state index contributed by atoms with van der Waals surface area (Å²) in [6.45, 7) is 14.8. The third kappa shape index (κ3) is 5.70. The Kier molecular flexibility index (Phi) is 7.36. The number of rotatable bonds is 6. The molecule has 0 unspecified atom stereocenters. The minimum Gasteiger partial charge on any atom is -0.543 e. The second kappa shape index (κ2) is 10.5. The predicted octanol–water partition coefficient (Wildman–Crippen LogP) is 6.53. The molecule has 2 aliphatic rings. The summed E-state index contributed by atoms with van der Waals surface area (Å²) in [5.74, 6) is 0.217. The highest BCUT2D eigenvalue weighted by Gasteiger charge is 2.39. The molecule has 1 aromatic heterocycles. The number of fused-ring (bicyclic) bond motifs is 2. The first-order chi connectivity index (χ1) is 18.8. The smallest absolute Gasteiger partial charge is 0.261 e. The second-order valence-corrected chi connectivity index (χ2v) is 17.0. The molecule has 0 bridgehead atoms. The number of hydrogen-bond donors (Lipinski definition) is 4. The molecule has 3 aromatic rings. The maximum atomic E-state index is 15.2. The van der Waals surface area contributed by atoms with Gasteiger partial charge in [0, 0.05) is 31.9 Å². The van der Waals surface area contributed by atoms with Crippen LogP contribution in [0.5, 0.6) is 5.75 Å². The molecule has 40 heavy (non-hydrogen) atoms. The molecule has 1 amide bonds. The van der Waals surface area contributed by atoms with Crippen molar-refractivity contribution in [3.05, 3.63) is 65.1 Å². The van der Waals surface area contributed by atoms with Gasteiger partial charge in [0.1, 0.15) is 22.9 Å². The summed E-state index contributed by atoms with van der Waals surface area (Å²) in [5.41, 5.74) is 4.03. The first-order valence-electron chi connectivity index (χ1n) is 13.7. The summed E-state index contributed by atoms with van der Waals surface area (Å²) in [5, 5.41) is 19.2. The highest BCUT2D eigenvalue weighted by atomic mass is 28.4. The topological polar surface area (TPSA) is 98.8 Å². The van der Waals surface area contributed by atoms with Gasteiger partial charge in [-0.05, 0) is 66.9 Å². The summed E-state index contributed by atoms with van der Waals surface area (Å²) < 4.78 is 21.7. The Morgan fingerprint density at radius 1 is 1.15 bits per heavy atom. The van der Waals surface area contributed by atoms with E-state index in [1.54, 1.807) is 18.3 Å². The Bertz CT molecular complexity index is 1460. The molecule has 10 heteroatoms. The summed E-state index contributed by atoms with van der Waals surface area (Å²) in [6, 6.07) is 10.7. The molecule has 1 atom stereocenters. The van der Waals surface area contributed by atoms with E-state index in [4.69, 9.17) is 4.43 Å². The molecule has 0 saturated carbocycles. The van der Waals surface area contributed by atoms with E-state index in [2.05, 4.69) is 59.7 Å². The zero-order valence-electron chi connectivity index (χ0n) is 24.0. The maximum absolute atomic E-state index is 15.2. The van der Waals surface area contributed by atoms with Crippen molar-refractivity contribution in [2.75, 3.05) is 29.0 Å². The van der Waals surface area contributed by atoms with Gasteiger partial charge in [-0.3, -0.25) is 9.69 Å². The number of aromatic nitrogens is 1. The first-order valence-corrected chi connectivity index (χ1v) is 16.6. The van der Waals surface area contributed by atoms with Crippen molar-refractivity contribution >= 4 is 42.8 Å². The number of anilines is 5. The molecule has 8 nitrogen and oxygen atoms in total. The lowest BCUT2D eigenvalue weighted by atomic mass is 10.1. The molecule has 212 valence electrons. The van der Waals surface area contributed by atoms with Crippen LogP contribution in [0.4, 0.5) is 33.0 Å². The Morgan fingerprint density at radius 2 is 1.93 bits per heavy atom. The number of carbonyl (C=O) groups excluding carboxylic acids is 1. The lowest BCUT2D eigenvalue weighted by Crippen LogP contribution is -2.44. The third-order valence-electron chi connectivity index (χ3n) is 8.12. The lowest BCUT2D eigenvalue weighted by Gasteiger charge is -2.37. The van der Waals surface area contributed by atoms with Crippen molar-refractivity contribution in [1.29, 1.82) is 0 Å². The van der Waals surface area contributed by atoms with E-state index in [0.29, 0.717) is 41.7 Å². The molecule has 0 aliphatic carbocycles. The van der Waals surface area contributed by atoms with E-state index in [9.17, 15) is 9.90 Å². The fraction of sp³-hybridized carbons (Fsp3) is 0.400. The first kappa shape index (κ1) is 28.1. The largest absolute Gasteiger partial charge is 0.543 e. The van der Waals surface area contributed by atoms with Crippen LogP contribution in [-0.2, 0) is 6.54 Å². The summed E-state index contributed by atoms with van der Waals surface area (Å²) in [6.07, 6.45) is 2.06. The number of pyridine rings is 1. The van der Waals surface area contributed by atoms with Crippen molar-refractivity contribution in [3.63, 3.8) is 0 Å². The lowest BCUT2D eigenvalue weighted by molar-refractivity contribution is 0.102. The van der Waals surface area contributed by atoms with Crippen LogP contribution in [0.1, 0.15) is 48.7 Å². The van der Waals surface area contributed by atoms with Crippen LogP contribution in [-0.4, -0.2) is 48.4 Å². The third-order valence-corrected chi connectivity index (χ3v) is 12.5. The number of likely N-dealkylation sites (tertiary alicyclic amines) is 1. The average Bonchev–Trinajstić information content (AvgIpc) is 3.20. The molecular formula is C30H38FN5O3Si. The van der Waals surface area contributed by atoms with Crippen LogP contribution < -0.4 is 20.4 Å². The number of carbonyl (C=O) groups is 1. The van der Waals surface area contributed by atoms with E-state index < -0.39 is 14.1 Å². The maximum Gasteiger partial charge on any atom is 0.261 e. The minimum atomic E-state index is -2.16. The zero-order valence-corrected chi connectivity index (χ0v) is 25.0. The van der Waals surface area contributed by atoms with Gasteiger partial charge in [0.25, 0.3) is 5.91 Å². The van der Waals surface area contributed by atoms with Gasteiger partial charge in [0.05, 0.1) is 28.9 Å². The molecule has 1 saturated heterocycles. The van der Waals surface area contributed by atoms with Gasteiger partial charge in [-0.2, -0.15) is 0 Å². The number of benzene rings is 2. The van der Waals surface area contributed by atoms with Gasteiger partial charge in [-0.25, -0.2) is 9.37 Å². The highest BCUT2D eigenvalue weighted by Crippen LogP contribution is 2.40. The van der Waals surface area contributed by atoms with Crippen LogP contribution in [0.15, 0.2) is 42.6 Å². The molecule has 2 aliphatic heterocycles.